The molecular formula is C10H16N2. The molecule has 1 aliphatic carbocycles. The minimum atomic E-state index is 0.670. The van der Waals surface area contributed by atoms with Crippen molar-refractivity contribution in [3.05, 3.63) is 24.0 Å². The van der Waals surface area contributed by atoms with Crippen LogP contribution in [0.25, 0.3) is 0 Å². The lowest BCUT2D eigenvalue weighted by Crippen LogP contribution is -2.10. The van der Waals surface area contributed by atoms with Crippen LogP contribution in [0.2, 0.25) is 0 Å². The number of rotatable bonds is 2. The van der Waals surface area contributed by atoms with Crippen molar-refractivity contribution in [3.8, 4) is 0 Å². The number of nitrogens with two attached hydrogens (primary N) is 1. The number of hydrogen-bond acceptors (Lipinski definition) is 1. The molecule has 1 aromatic heterocycles. The predicted molar refractivity (Wildman–Crippen MR) is 49.8 cm³/mol. The molecule has 0 saturated heterocycles. The summed E-state index contributed by atoms with van der Waals surface area (Å²) in [5, 5.41) is 0. The quantitative estimate of drug-likeness (QED) is 0.712. The first-order valence-corrected chi connectivity index (χ1v) is 4.77. The minimum absolute atomic E-state index is 0.670. The summed E-state index contributed by atoms with van der Waals surface area (Å²) in [5.74, 6) is 0. The lowest BCUT2D eigenvalue weighted by atomic mass is 10.2. The first kappa shape index (κ1) is 7.87. The molecule has 2 nitrogen and oxygen atoms in total. The van der Waals surface area contributed by atoms with E-state index in [0.29, 0.717) is 6.54 Å². The van der Waals surface area contributed by atoms with E-state index < -0.39 is 0 Å². The van der Waals surface area contributed by atoms with Gasteiger partial charge < -0.3 is 10.3 Å². The van der Waals surface area contributed by atoms with Crippen molar-refractivity contribution in [2.75, 3.05) is 0 Å². The van der Waals surface area contributed by atoms with Crippen LogP contribution in [0.1, 0.15) is 37.4 Å². The second kappa shape index (κ2) is 3.31. The lowest BCUT2D eigenvalue weighted by Gasteiger charge is -2.14. The maximum atomic E-state index is 5.64. The van der Waals surface area contributed by atoms with E-state index in [1.165, 1.54) is 31.4 Å². The van der Waals surface area contributed by atoms with E-state index in [2.05, 4.69) is 22.9 Å². The average molecular weight is 164 g/mol. The Morgan fingerprint density at radius 2 is 2.17 bits per heavy atom. The van der Waals surface area contributed by atoms with Crippen LogP contribution < -0.4 is 5.73 Å². The van der Waals surface area contributed by atoms with Crippen LogP contribution in [0, 0.1) is 0 Å². The predicted octanol–water partition coefficient (Wildman–Crippen LogP) is 2.06. The summed E-state index contributed by atoms with van der Waals surface area (Å²) in [5.41, 5.74) is 6.92. The van der Waals surface area contributed by atoms with Gasteiger partial charge in [-0.15, -0.1) is 0 Å². The van der Waals surface area contributed by atoms with E-state index >= 15 is 0 Å². The zero-order valence-corrected chi connectivity index (χ0v) is 7.37. The van der Waals surface area contributed by atoms with Crippen LogP contribution in [-0.2, 0) is 6.54 Å². The molecule has 66 valence electrons. The summed E-state index contributed by atoms with van der Waals surface area (Å²) in [7, 11) is 0. The topological polar surface area (TPSA) is 30.9 Å². The van der Waals surface area contributed by atoms with E-state index in [1.807, 2.05) is 0 Å². The molecule has 0 bridgehead atoms. The van der Waals surface area contributed by atoms with Gasteiger partial charge in [-0.05, 0) is 25.0 Å². The third kappa shape index (κ3) is 1.27. The Kier molecular flexibility index (Phi) is 2.17. The maximum absolute atomic E-state index is 5.64. The van der Waals surface area contributed by atoms with Gasteiger partial charge in [0.15, 0.2) is 0 Å². The molecule has 1 heterocycles. The molecule has 0 aromatic carbocycles. The standard InChI is InChI=1S/C10H16N2/c11-8-10-6-3-7-12(10)9-4-1-2-5-9/h3,6-7,9H,1-2,4-5,8,11H2. The van der Waals surface area contributed by atoms with Gasteiger partial charge in [0.25, 0.3) is 0 Å². The molecule has 0 amide bonds. The smallest absolute Gasteiger partial charge is 0.0334 e. The molecule has 1 fully saturated rings. The molecule has 12 heavy (non-hydrogen) atoms. The second-order valence-corrected chi connectivity index (χ2v) is 3.55. The summed E-state index contributed by atoms with van der Waals surface area (Å²) in [6, 6.07) is 4.96. The summed E-state index contributed by atoms with van der Waals surface area (Å²) >= 11 is 0. The molecule has 0 aliphatic heterocycles. The molecule has 0 radical (unpaired) electrons. The largest absolute Gasteiger partial charge is 0.347 e. The van der Waals surface area contributed by atoms with Gasteiger partial charge in [0, 0.05) is 24.5 Å². The van der Waals surface area contributed by atoms with E-state index in [1.54, 1.807) is 0 Å². The van der Waals surface area contributed by atoms with Gasteiger partial charge in [-0.1, -0.05) is 12.8 Å². The maximum Gasteiger partial charge on any atom is 0.0334 e. The molecule has 2 heteroatoms. The Morgan fingerprint density at radius 1 is 1.42 bits per heavy atom. The fourth-order valence-electron chi connectivity index (χ4n) is 2.14. The van der Waals surface area contributed by atoms with Crippen LogP contribution in [0.3, 0.4) is 0 Å². The fourth-order valence-corrected chi connectivity index (χ4v) is 2.14. The summed E-state index contributed by atoms with van der Waals surface area (Å²) < 4.78 is 2.35. The van der Waals surface area contributed by atoms with Crippen molar-refractivity contribution in [3.63, 3.8) is 0 Å². The minimum Gasteiger partial charge on any atom is -0.347 e. The molecule has 0 atom stereocenters. The first-order chi connectivity index (χ1) is 5.92. The van der Waals surface area contributed by atoms with E-state index in [-0.39, 0.29) is 0 Å². The zero-order chi connectivity index (χ0) is 8.39. The second-order valence-electron chi connectivity index (χ2n) is 3.55. The molecular weight excluding hydrogens is 148 g/mol. The molecule has 1 aliphatic rings. The molecule has 2 rings (SSSR count). The van der Waals surface area contributed by atoms with Crippen molar-refractivity contribution in [1.29, 1.82) is 0 Å². The number of nitrogens with zero attached hydrogens (tertiary/aromatic N) is 1. The van der Waals surface area contributed by atoms with Gasteiger partial charge in [0.2, 0.25) is 0 Å². The van der Waals surface area contributed by atoms with E-state index in [4.69, 9.17) is 5.73 Å². The Hall–Kier alpha value is -0.760. The fraction of sp³-hybridized carbons (Fsp3) is 0.600. The van der Waals surface area contributed by atoms with Crippen LogP contribution in [-0.4, -0.2) is 4.57 Å². The highest BCUT2D eigenvalue weighted by Crippen LogP contribution is 2.30. The van der Waals surface area contributed by atoms with Crippen molar-refractivity contribution >= 4 is 0 Å². The van der Waals surface area contributed by atoms with Crippen molar-refractivity contribution in [2.45, 2.75) is 38.3 Å². The van der Waals surface area contributed by atoms with Gasteiger partial charge in [-0.3, -0.25) is 0 Å². The van der Waals surface area contributed by atoms with Gasteiger partial charge in [-0.25, -0.2) is 0 Å². The first-order valence-electron chi connectivity index (χ1n) is 4.77. The third-order valence-electron chi connectivity index (χ3n) is 2.79. The van der Waals surface area contributed by atoms with E-state index in [9.17, 15) is 0 Å². The monoisotopic (exact) mass is 164 g/mol. The Bertz CT molecular complexity index is 246. The molecule has 2 N–H and O–H groups in total. The van der Waals surface area contributed by atoms with Gasteiger partial charge in [0.1, 0.15) is 0 Å². The van der Waals surface area contributed by atoms with Crippen LogP contribution in [0.4, 0.5) is 0 Å². The molecule has 0 unspecified atom stereocenters. The van der Waals surface area contributed by atoms with Gasteiger partial charge in [-0.2, -0.15) is 0 Å². The van der Waals surface area contributed by atoms with Crippen LogP contribution in [0.15, 0.2) is 18.3 Å². The number of hydrogen-bond donors (Lipinski definition) is 1. The van der Waals surface area contributed by atoms with Gasteiger partial charge >= 0.3 is 0 Å². The summed E-state index contributed by atoms with van der Waals surface area (Å²) in [4.78, 5) is 0. The molecule has 0 spiro atoms. The third-order valence-corrected chi connectivity index (χ3v) is 2.79. The highest BCUT2D eigenvalue weighted by atomic mass is 15.0. The highest BCUT2D eigenvalue weighted by molar-refractivity contribution is 5.08. The van der Waals surface area contributed by atoms with Crippen molar-refractivity contribution in [2.24, 2.45) is 5.73 Å². The normalized spacial score (nSPS) is 18.8. The van der Waals surface area contributed by atoms with Crippen molar-refractivity contribution < 1.29 is 0 Å². The summed E-state index contributed by atoms with van der Waals surface area (Å²) in [6.45, 7) is 0.670. The Morgan fingerprint density at radius 3 is 2.83 bits per heavy atom. The van der Waals surface area contributed by atoms with Crippen LogP contribution >= 0.6 is 0 Å². The Balaban J connectivity index is 2.19. The van der Waals surface area contributed by atoms with Gasteiger partial charge in [0.05, 0.1) is 0 Å². The zero-order valence-electron chi connectivity index (χ0n) is 7.37. The van der Waals surface area contributed by atoms with Crippen molar-refractivity contribution in [1.82, 2.24) is 4.57 Å². The Labute approximate surface area is 73.4 Å². The number of aromatic nitrogens is 1. The SMILES string of the molecule is NCc1cccn1C1CCCC1. The van der Waals surface area contributed by atoms with E-state index in [0.717, 1.165) is 6.04 Å². The summed E-state index contributed by atoms with van der Waals surface area (Å²) in [6.07, 6.45) is 7.60. The molecule has 1 saturated carbocycles. The lowest BCUT2D eigenvalue weighted by molar-refractivity contribution is 0.503. The molecule has 1 aromatic rings. The highest BCUT2D eigenvalue weighted by Gasteiger charge is 2.17. The average Bonchev–Trinajstić information content (AvgIpc) is 2.74. The van der Waals surface area contributed by atoms with Crippen LogP contribution in [0.5, 0.6) is 0 Å².